The number of anilines is 2. The molecular weight excluding hydrogens is 501 g/mol. The molecule has 4 aromatic rings. The molecule has 0 unspecified atom stereocenters. The monoisotopic (exact) mass is 526 g/mol. The van der Waals surface area contributed by atoms with Crippen LogP contribution in [0.15, 0.2) is 66.9 Å². The van der Waals surface area contributed by atoms with Gasteiger partial charge in [-0.1, -0.05) is 30.3 Å². The van der Waals surface area contributed by atoms with Crippen molar-refractivity contribution in [1.82, 2.24) is 9.97 Å². The molecule has 0 fully saturated rings. The molecule has 2 N–H and O–H groups in total. The average molecular weight is 527 g/mol. The summed E-state index contributed by atoms with van der Waals surface area (Å²) in [6.45, 7) is 4.20. The maximum absolute atomic E-state index is 13.1. The van der Waals surface area contributed by atoms with E-state index in [-0.39, 0.29) is 29.2 Å². The average Bonchev–Trinajstić information content (AvgIpc) is 3.25. The van der Waals surface area contributed by atoms with Crippen molar-refractivity contribution in [2.45, 2.75) is 32.7 Å². The standard InChI is InChI=1S/C27H25F3N4O4/c1-16(2)34(3)22-12-9-18(14-31-22)32-25(35)23-24(38-26(36)27(28,29)30)20-13-19(10-11-21(20)33-23)37-15-17-7-5-4-6-8-17/h4-14,16,33H,15H2,1-3H3,(H,32,35). The number of benzene rings is 2. The number of fused-ring (bicyclic) bond motifs is 1. The van der Waals surface area contributed by atoms with E-state index in [0.29, 0.717) is 17.3 Å². The van der Waals surface area contributed by atoms with Gasteiger partial charge in [-0.25, -0.2) is 9.78 Å². The fraction of sp³-hybridized carbons (Fsp3) is 0.222. The van der Waals surface area contributed by atoms with Gasteiger partial charge in [0.25, 0.3) is 5.91 Å². The molecule has 0 spiro atoms. The van der Waals surface area contributed by atoms with Gasteiger partial charge in [0, 0.05) is 18.5 Å². The number of halogens is 3. The fourth-order valence-corrected chi connectivity index (χ4v) is 3.52. The summed E-state index contributed by atoms with van der Waals surface area (Å²) in [6, 6.07) is 17.3. The Kier molecular flexibility index (Phi) is 7.56. The molecule has 2 aromatic heterocycles. The van der Waals surface area contributed by atoms with Crippen molar-refractivity contribution in [3.05, 3.63) is 78.1 Å². The van der Waals surface area contributed by atoms with Crippen LogP contribution >= 0.6 is 0 Å². The first-order chi connectivity index (χ1) is 18.0. The van der Waals surface area contributed by atoms with Crippen LogP contribution in [0.2, 0.25) is 0 Å². The van der Waals surface area contributed by atoms with Crippen molar-refractivity contribution in [1.29, 1.82) is 0 Å². The van der Waals surface area contributed by atoms with Gasteiger partial charge in [-0.05, 0) is 49.7 Å². The zero-order chi connectivity index (χ0) is 27.4. The number of alkyl halides is 3. The summed E-state index contributed by atoms with van der Waals surface area (Å²) in [5.74, 6) is -2.85. The minimum absolute atomic E-state index is 0.0744. The first-order valence-corrected chi connectivity index (χ1v) is 11.6. The van der Waals surface area contributed by atoms with Crippen molar-refractivity contribution in [3.8, 4) is 11.5 Å². The Bertz CT molecular complexity index is 1430. The molecule has 1 amide bonds. The van der Waals surface area contributed by atoms with E-state index >= 15 is 0 Å². The lowest BCUT2D eigenvalue weighted by Gasteiger charge is -2.22. The van der Waals surface area contributed by atoms with Crippen molar-refractivity contribution in [2.75, 3.05) is 17.3 Å². The van der Waals surface area contributed by atoms with Crippen LogP contribution in [0.4, 0.5) is 24.7 Å². The quantitative estimate of drug-likeness (QED) is 0.286. The number of hydrogen-bond acceptors (Lipinski definition) is 6. The van der Waals surface area contributed by atoms with E-state index in [1.54, 1.807) is 18.2 Å². The van der Waals surface area contributed by atoms with Gasteiger partial charge in [0.15, 0.2) is 5.75 Å². The number of esters is 1. The lowest BCUT2D eigenvalue weighted by Crippen LogP contribution is -2.28. The first-order valence-electron chi connectivity index (χ1n) is 11.6. The summed E-state index contributed by atoms with van der Waals surface area (Å²) in [5, 5.41) is 2.65. The predicted octanol–water partition coefficient (Wildman–Crippen LogP) is 5.71. The smallest absolute Gasteiger partial charge is 0.489 e. The number of amides is 1. The van der Waals surface area contributed by atoms with E-state index in [0.717, 1.165) is 5.56 Å². The minimum atomic E-state index is -5.26. The van der Waals surface area contributed by atoms with Gasteiger partial charge in [-0.2, -0.15) is 13.2 Å². The maximum Gasteiger partial charge on any atom is 0.491 e. The van der Waals surface area contributed by atoms with Crippen LogP contribution in [0.3, 0.4) is 0 Å². The van der Waals surface area contributed by atoms with Crippen molar-refractivity contribution in [2.24, 2.45) is 0 Å². The Morgan fingerprint density at radius 1 is 1.08 bits per heavy atom. The molecule has 2 heterocycles. The van der Waals surface area contributed by atoms with E-state index in [2.05, 4.69) is 20.0 Å². The largest absolute Gasteiger partial charge is 0.491 e. The number of carbonyl (C=O) groups is 2. The fourth-order valence-electron chi connectivity index (χ4n) is 3.52. The number of nitrogens with zero attached hydrogens (tertiary/aromatic N) is 2. The Morgan fingerprint density at radius 2 is 1.82 bits per heavy atom. The lowest BCUT2D eigenvalue weighted by molar-refractivity contribution is -0.189. The van der Waals surface area contributed by atoms with Crippen LogP contribution in [-0.4, -0.2) is 41.1 Å². The molecule has 0 saturated heterocycles. The van der Waals surface area contributed by atoms with Gasteiger partial charge in [-0.15, -0.1) is 0 Å². The number of ether oxygens (including phenoxy) is 2. The highest BCUT2D eigenvalue weighted by Gasteiger charge is 2.42. The van der Waals surface area contributed by atoms with E-state index in [1.807, 2.05) is 56.1 Å². The molecule has 11 heteroatoms. The Balaban J connectivity index is 1.63. The van der Waals surface area contributed by atoms with E-state index in [9.17, 15) is 22.8 Å². The van der Waals surface area contributed by atoms with Crippen LogP contribution in [0.5, 0.6) is 11.5 Å². The number of nitrogens with one attached hydrogen (secondary N) is 2. The topological polar surface area (TPSA) is 96.5 Å². The van der Waals surface area contributed by atoms with Crippen molar-refractivity contribution < 1.29 is 32.2 Å². The van der Waals surface area contributed by atoms with E-state index in [1.165, 1.54) is 18.3 Å². The zero-order valence-electron chi connectivity index (χ0n) is 20.8. The van der Waals surface area contributed by atoms with Gasteiger partial charge in [0.1, 0.15) is 23.9 Å². The Labute approximate surface area is 216 Å². The van der Waals surface area contributed by atoms with Gasteiger partial charge >= 0.3 is 12.1 Å². The molecule has 0 radical (unpaired) electrons. The second-order valence-electron chi connectivity index (χ2n) is 8.76. The molecule has 0 aliphatic heterocycles. The maximum atomic E-state index is 13.1. The van der Waals surface area contributed by atoms with Crippen LogP contribution in [-0.2, 0) is 11.4 Å². The number of H-pyrrole nitrogens is 1. The lowest BCUT2D eigenvalue weighted by atomic mass is 10.2. The molecule has 2 aromatic carbocycles. The van der Waals surface area contributed by atoms with Gasteiger partial charge < -0.3 is 24.7 Å². The highest BCUT2D eigenvalue weighted by Crippen LogP contribution is 2.35. The summed E-state index contributed by atoms with van der Waals surface area (Å²) in [4.78, 5) is 33.8. The highest BCUT2D eigenvalue weighted by molar-refractivity contribution is 6.10. The molecule has 198 valence electrons. The van der Waals surface area contributed by atoms with E-state index < -0.39 is 23.8 Å². The third-order valence-electron chi connectivity index (χ3n) is 5.77. The summed E-state index contributed by atoms with van der Waals surface area (Å²) in [5.41, 5.74) is 1.10. The number of rotatable bonds is 8. The summed E-state index contributed by atoms with van der Waals surface area (Å²) < 4.78 is 49.6. The number of aromatic amines is 1. The number of hydrogen-bond donors (Lipinski definition) is 2. The SMILES string of the molecule is CC(C)N(C)c1ccc(NC(=O)c2[nH]c3ccc(OCc4ccccc4)cc3c2OC(=O)C(F)(F)F)cn1. The summed E-state index contributed by atoms with van der Waals surface area (Å²) >= 11 is 0. The van der Waals surface area contributed by atoms with Crippen LogP contribution in [0, 0.1) is 0 Å². The Hall–Kier alpha value is -4.54. The molecule has 0 saturated carbocycles. The molecule has 0 atom stereocenters. The Morgan fingerprint density at radius 3 is 2.45 bits per heavy atom. The van der Waals surface area contributed by atoms with Gasteiger partial charge in [0.05, 0.1) is 17.4 Å². The highest BCUT2D eigenvalue weighted by atomic mass is 19.4. The van der Waals surface area contributed by atoms with Gasteiger partial charge in [-0.3, -0.25) is 4.79 Å². The number of aromatic nitrogens is 2. The summed E-state index contributed by atoms with van der Waals surface area (Å²) in [6.07, 6.45) is -3.84. The second-order valence-corrected chi connectivity index (χ2v) is 8.76. The molecule has 38 heavy (non-hydrogen) atoms. The molecule has 0 aliphatic carbocycles. The third-order valence-corrected chi connectivity index (χ3v) is 5.77. The molecular formula is C27H25F3N4O4. The van der Waals surface area contributed by atoms with E-state index in [4.69, 9.17) is 4.74 Å². The number of pyridine rings is 1. The first kappa shape index (κ1) is 26.5. The molecule has 4 rings (SSSR count). The van der Waals surface area contributed by atoms with Crippen molar-refractivity contribution in [3.63, 3.8) is 0 Å². The van der Waals surface area contributed by atoms with Crippen LogP contribution < -0.4 is 19.7 Å². The molecule has 0 aliphatic rings. The zero-order valence-corrected chi connectivity index (χ0v) is 20.8. The summed E-state index contributed by atoms with van der Waals surface area (Å²) in [7, 11) is 1.87. The normalized spacial score (nSPS) is 11.4. The third kappa shape index (κ3) is 6.05. The van der Waals surface area contributed by atoms with Gasteiger partial charge in [0.2, 0.25) is 0 Å². The molecule has 0 bridgehead atoms. The predicted molar refractivity (Wildman–Crippen MR) is 136 cm³/mol. The van der Waals surface area contributed by atoms with Crippen LogP contribution in [0.1, 0.15) is 29.9 Å². The molecule has 8 nitrogen and oxygen atoms in total. The minimum Gasteiger partial charge on any atom is -0.489 e. The van der Waals surface area contributed by atoms with Crippen LogP contribution in [0.25, 0.3) is 10.9 Å². The second kappa shape index (κ2) is 10.8. The number of carbonyl (C=O) groups excluding carboxylic acids is 2. The van der Waals surface area contributed by atoms with Crippen molar-refractivity contribution >= 4 is 34.3 Å².